The number of amides is 1. The lowest BCUT2D eigenvalue weighted by molar-refractivity contribution is 0.0999. The molecule has 0 fully saturated rings. The zero-order valence-corrected chi connectivity index (χ0v) is 19.5. The zero-order valence-electron chi connectivity index (χ0n) is 18.7. The van der Waals surface area contributed by atoms with Gasteiger partial charge >= 0.3 is 0 Å². The summed E-state index contributed by atoms with van der Waals surface area (Å²) < 4.78 is 1.35. The van der Waals surface area contributed by atoms with Crippen LogP contribution in [0.15, 0.2) is 41.2 Å². The Labute approximate surface area is 204 Å². The highest BCUT2D eigenvalue weighted by Gasteiger charge is 2.23. The Morgan fingerprint density at radius 2 is 1.89 bits per heavy atom. The summed E-state index contributed by atoms with van der Waals surface area (Å²) in [6.45, 7) is 3.40. The molecule has 0 spiro atoms. The fourth-order valence-corrected chi connectivity index (χ4v) is 4.09. The molecule has 2 heterocycles. The van der Waals surface area contributed by atoms with Crippen LogP contribution in [-0.4, -0.2) is 25.4 Å². The van der Waals surface area contributed by atoms with E-state index >= 15 is 0 Å². The number of nitrogens with zero attached hydrogens (tertiary/aromatic N) is 5. The van der Waals surface area contributed by atoms with Gasteiger partial charge in [-0.05, 0) is 43.7 Å². The van der Waals surface area contributed by atoms with Gasteiger partial charge in [-0.3, -0.25) is 14.2 Å². The molecule has 1 amide bonds. The lowest BCUT2D eigenvalue weighted by atomic mass is 10.1. The summed E-state index contributed by atoms with van der Waals surface area (Å²) in [5.41, 5.74) is 18.1. The topological polar surface area (TPSA) is 192 Å². The van der Waals surface area contributed by atoms with Gasteiger partial charge in [0.15, 0.2) is 5.82 Å². The Morgan fingerprint density at radius 3 is 2.57 bits per heavy atom. The highest BCUT2D eigenvalue weighted by atomic mass is 35.5. The smallest absolute Gasteiger partial charge is 0.267 e. The van der Waals surface area contributed by atoms with Crippen molar-refractivity contribution in [3.05, 3.63) is 74.3 Å². The molecule has 0 saturated heterocycles. The first-order chi connectivity index (χ1) is 16.6. The molecule has 0 unspecified atom stereocenters. The fourth-order valence-electron chi connectivity index (χ4n) is 3.84. The fraction of sp³-hybridized carbons (Fsp3) is 0.130. The van der Waals surface area contributed by atoms with Crippen molar-refractivity contribution in [1.82, 2.24) is 19.5 Å². The second-order valence-electron chi connectivity index (χ2n) is 7.73. The lowest BCUT2D eigenvalue weighted by Crippen LogP contribution is -2.29. The Hall–Kier alpha value is -4.69. The number of carbonyl (C=O) groups is 1. The molecule has 2 aromatic heterocycles. The molecule has 1 atom stereocenters. The summed E-state index contributed by atoms with van der Waals surface area (Å²) in [4.78, 5) is 38.3. The van der Waals surface area contributed by atoms with Gasteiger partial charge in [-0.15, -0.1) is 0 Å². The maximum absolute atomic E-state index is 13.8. The number of nitriles is 1. The summed E-state index contributed by atoms with van der Waals surface area (Å²) in [6.07, 6.45) is 0. The van der Waals surface area contributed by atoms with E-state index in [4.69, 9.17) is 33.8 Å². The number of nitrogen functional groups attached to an aromatic ring is 2. The first-order valence-corrected chi connectivity index (χ1v) is 10.7. The quantitative estimate of drug-likeness (QED) is 0.325. The van der Waals surface area contributed by atoms with Gasteiger partial charge in [0, 0.05) is 5.56 Å². The number of benzene rings is 2. The number of aromatic nitrogens is 4. The van der Waals surface area contributed by atoms with Crippen molar-refractivity contribution in [1.29, 1.82) is 5.26 Å². The zero-order chi connectivity index (χ0) is 25.4. The average molecular weight is 490 g/mol. The minimum atomic E-state index is -0.691. The van der Waals surface area contributed by atoms with Crippen molar-refractivity contribution < 1.29 is 4.79 Å². The predicted octanol–water partition coefficient (Wildman–Crippen LogP) is 2.45. The molecule has 4 aromatic rings. The van der Waals surface area contributed by atoms with E-state index in [9.17, 15) is 14.9 Å². The summed E-state index contributed by atoms with van der Waals surface area (Å²) in [7, 11) is 0. The normalized spacial score (nSPS) is 11.7. The Bertz CT molecular complexity index is 1610. The van der Waals surface area contributed by atoms with E-state index in [0.29, 0.717) is 16.8 Å². The molecule has 2 aromatic carbocycles. The third kappa shape index (κ3) is 4.07. The standard InChI is InChI=1S/C23H20ClN9O2/c1-10-12(19(27)34)5-3-8-16(10)33-21(30-15-7-4-6-14(24)17(15)22(33)35)11(2)29-20-13(9-25)18(26)31-23(28)32-20/h3-8,11H,1-2H3,(H2,27,34)(H5,26,28,29,31,32)/t11-/m0/s1. The van der Waals surface area contributed by atoms with Crippen LogP contribution in [0, 0.1) is 18.3 Å². The van der Waals surface area contributed by atoms with Crippen LogP contribution in [0.4, 0.5) is 17.6 Å². The molecule has 11 nitrogen and oxygen atoms in total. The lowest BCUT2D eigenvalue weighted by Gasteiger charge is -2.22. The van der Waals surface area contributed by atoms with Gasteiger partial charge in [-0.1, -0.05) is 23.7 Å². The van der Waals surface area contributed by atoms with Gasteiger partial charge in [-0.2, -0.15) is 15.2 Å². The molecule has 0 aliphatic heterocycles. The van der Waals surface area contributed by atoms with Crippen LogP contribution in [0.2, 0.25) is 5.02 Å². The number of nitrogens with two attached hydrogens (primary N) is 3. The predicted molar refractivity (Wildman–Crippen MR) is 133 cm³/mol. The van der Waals surface area contributed by atoms with Gasteiger partial charge in [0.2, 0.25) is 11.9 Å². The number of hydrogen-bond donors (Lipinski definition) is 4. The number of halogens is 1. The molecule has 12 heteroatoms. The molecule has 4 rings (SSSR count). The molecule has 0 radical (unpaired) electrons. The van der Waals surface area contributed by atoms with Crippen LogP contribution in [0.5, 0.6) is 0 Å². The third-order valence-electron chi connectivity index (χ3n) is 5.49. The molecule has 7 N–H and O–H groups in total. The van der Waals surface area contributed by atoms with E-state index in [0.717, 1.165) is 0 Å². The van der Waals surface area contributed by atoms with Crippen LogP contribution in [0.25, 0.3) is 16.6 Å². The molecule has 0 aliphatic rings. The van der Waals surface area contributed by atoms with E-state index < -0.39 is 17.5 Å². The van der Waals surface area contributed by atoms with Crippen molar-refractivity contribution in [2.45, 2.75) is 19.9 Å². The van der Waals surface area contributed by atoms with Gasteiger partial charge in [0.05, 0.1) is 27.7 Å². The van der Waals surface area contributed by atoms with E-state index in [2.05, 4.69) is 15.3 Å². The van der Waals surface area contributed by atoms with Crippen molar-refractivity contribution in [2.24, 2.45) is 5.73 Å². The summed E-state index contributed by atoms with van der Waals surface area (Å²) in [5, 5.41) is 13.0. The largest absolute Gasteiger partial charge is 0.382 e. The maximum Gasteiger partial charge on any atom is 0.267 e. The number of rotatable bonds is 5. The van der Waals surface area contributed by atoms with Crippen molar-refractivity contribution in [3.8, 4) is 11.8 Å². The third-order valence-corrected chi connectivity index (χ3v) is 5.81. The van der Waals surface area contributed by atoms with Crippen LogP contribution < -0.4 is 28.1 Å². The van der Waals surface area contributed by atoms with Crippen LogP contribution in [0.3, 0.4) is 0 Å². The van der Waals surface area contributed by atoms with E-state index in [1.807, 2.05) is 6.07 Å². The van der Waals surface area contributed by atoms with Crippen LogP contribution in [0.1, 0.15) is 40.3 Å². The molecular formula is C23H20ClN9O2. The average Bonchev–Trinajstić information content (AvgIpc) is 2.79. The van der Waals surface area contributed by atoms with Gasteiger partial charge in [0.25, 0.3) is 5.56 Å². The minimum Gasteiger partial charge on any atom is -0.382 e. The molecule has 0 bridgehead atoms. The SMILES string of the molecule is Cc1c(C(N)=O)cccc1-n1c([C@H](C)Nc2nc(N)nc(N)c2C#N)nc2cccc(Cl)c2c1=O. The van der Waals surface area contributed by atoms with Crippen LogP contribution >= 0.6 is 11.6 Å². The van der Waals surface area contributed by atoms with Gasteiger partial charge in [0.1, 0.15) is 23.3 Å². The highest BCUT2D eigenvalue weighted by molar-refractivity contribution is 6.35. The van der Waals surface area contributed by atoms with Gasteiger partial charge in [-0.25, -0.2) is 4.98 Å². The molecule has 176 valence electrons. The minimum absolute atomic E-state index is 0.00399. The summed E-state index contributed by atoms with van der Waals surface area (Å²) >= 11 is 6.36. The highest BCUT2D eigenvalue weighted by Crippen LogP contribution is 2.28. The van der Waals surface area contributed by atoms with Crippen molar-refractivity contribution in [3.63, 3.8) is 0 Å². The van der Waals surface area contributed by atoms with Crippen molar-refractivity contribution in [2.75, 3.05) is 16.8 Å². The van der Waals surface area contributed by atoms with E-state index in [-0.39, 0.29) is 44.9 Å². The number of fused-ring (bicyclic) bond motifs is 1. The maximum atomic E-state index is 13.8. The molecular weight excluding hydrogens is 470 g/mol. The molecule has 0 saturated carbocycles. The first-order valence-electron chi connectivity index (χ1n) is 10.3. The Morgan fingerprint density at radius 1 is 1.17 bits per heavy atom. The Kier molecular flexibility index (Phi) is 5.98. The number of carbonyl (C=O) groups excluding carboxylic acids is 1. The summed E-state index contributed by atoms with van der Waals surface area (Å²) in [5.74, 6) is -0.511. The second-order valence-corrected chi connectivity index (χ2v) is 8.13. The Balaban J connectivity index is 2.01. The molecule has 35 heavy (non-hydrogen) atoms. The number of hydrogen-bond acceptors (Lipinski definition) is 9. The number of nitrogens with one attached hydrogen (secondary N) is 1. The van der Waals surface area contributed by atoms with Crippen molar-refractivity contribution >= 4 is 46.0 Å². The van der Waals surface area contributed by atoms with E-state index in [1.165, 1.54) is 4.57 Å². The summed E-state index contributed by atoms with van der Waals surface area (Å²) in [6, 6.07) is 11.1. The van der Waals surface area contributed by atoms with Crippen LogP contribution in [-0.2, 0) is 0 Å². The van der Waals surface area contributed by atoms with E-state index in [1.54, 1.807) is 50.2 Å². The second kappa shape index (κ2) is 8.92. The molecule has 0 aliphatic carbocycles. The first kappa shape index (κ1) is 23.5. The monoisotopic (exact) mass is 489 g/mol. The number of anilines is 3. The number of primary amides is 1. The van der Waals surface area contributed by atoms with Gasteiger partial charge < -0.3 is 22.5 Å².